The van der Waals surface area contributed by atoms with Crippen LogP contribution in [0, 0.1) is 10.1 Å². The molecule has 0 bridgehead atoms. The summed E-state index contributed by atoms with van der Waals surface area (Å²) in [5.74, 6) is -0.534. The molecule has 2 atom stereocenters. The van der Waals surface area contributed by atoms with Crippen LogP contribution in [0.15, 0.2) is 41.3 Å². The Labute approximate surface area is 139 Å². The van der Waals surface area contributed by atoms with Crippen molar-refractivity contribution in [3.05, 3.63) is 57.0 Å². The number of anilines is 1. The van der Waals surface area contributed by atoms with Gasteiger partial charge in [0, 0.05) is 30.8 Å². The lowest BCUT2D eigenvalue weighted by atomic mass is 10.1. The lowest BCUT2D eigenvalue weighted by Gasteiger charge is -2.12. The Balaban J connectivity index is 2.12. The normalized spacial score (nSPS) is 20.4. The van der Waals surface area contributed by atoms with E-state index in [0.29, 0.717) is 0 Å². The average Bonchev–Trinajstić information content (AvgIpc) is 2.97. The molecular formula is C16H18N2O4S. The van der Waals surface area contributed by atoms with Crippen molar-refractivity contribution in [3.63, 3.8) is 0 Å². The molecule has 0 radical (unpaired) electrons. The fourth-order valence-corrected chi connectivity index (χ4v) is 3.31. The predicted octanol–water partition coefficient (Wildman–Crippen LogP) is 2.58. The summed E-state index contributed by atoms with van der Waals surface area (Å²) in [5.41, 5.74) is 2.03. The van der Waals surface area contributed by atoms with Crippen molar-refractivity contribution in [2.45, 2.75) is 11.3 Å². The lowest BCUT2D eigenvalue weighted by Crippen LogP contribution is -2.24. The third-order valence-electron chi connectivity index (χ3n) is 3.44. The Kier molecular flexibility index (Phi) is 5.44. The molecule has 0 N–H and O–H groups in total. The van der Waals surface area contributed by atoms with Crippen LogP contribution in [-0.2, 0) is 9.53 Å². The molecule has 1 aromatic rings. The van der Waals surface area contributed by atoms with Gasteiger partial charge in [-0.3, -0.25) is 10.1 Å². The van der Waals surface area contributed by atoms with Crippen LogP contribution in [-0.4, -0.2) is 43.4 Å². The summed E-state index contributed by atoms with van der Waals surface area (Å²) in [6.45, 7) is 0. The quantitative estimate of drug-likeness (QED) is 0.468. The number of ether oxygens (including phenoxy) is 1. The highest BCUT2D eigenvalue weighted by atomic mass is 32.2. The minimum Gasteiger partial charge on any atom is -0.465 e. The molecule has 122 valence electrons. The van der Waals surface area contributed by atoms with Crippen molar-refractivity contribution in [1.29, 1.82) is 0 Å². The number of carbonyl (C=O) groups excluding carboxylic acids is 1. The van der Waals surface area contributed by atoms with Crippen LogP contribution >= 0.6 is 11.8 Å². The molecule has 0 aliphatic carbocycles. The standard InChI is InChI=1S/C16H18N2O4S/c1-17(2)12-7-4-11(5-8-12)6-9-14-13(18(20)21)10-15(23-14)16(19)22-3/h4-10,13-14H,1-3H3. The van der Waals surface area contributed by atoms with Gasteiger partial charge in [-0.1, -0.05) is 24.3 Å². The molecular weight excluding hydrogens is 316 g/mol. The second kappa shape index (κ2) is 7.32. The largest absolute Gasteiger partial charge is 0.465 e. The van der Waals surface area contributed by atoms with Gasteiger partial charge in [0.2, 0.25) is 6.04 Å². The molecule has 2 unspecified atom stereocenters. The number of esters is 1. The summed E-state index contributed by atoms with van der Waals surface area (Å²) in [6, 6.07) is 6.92. The van der Waals surface area contributed by atoms with Crippen LogP contribution in [0.4, 0.5) is 5.69 Å². The van der Waals surface area contributed by atoms with Crippen LogP contribution in [0.1, 0.15) is 5.56 Å². The maximum absolute atomic E-state index is 11.5. The van der Waals surface area contributed by atoms with Gasteiger partial charge < -0.3 is 9.64 Å². The van der Waals surface area contributed by atoms with Crippen molar-refractivity contribution >= 4 is 29.5 Å². The number of hydrogen-bond donors (Lipinski definition) is 0. The molecule has 1 aliphatic heterocycles. The lowest BCUT2D eigenvalue weighted by molar-refractivity contribution is -0.506. The van der Waals surface area contributed by atoms with E-state index in [1.54, 1.807) is 6.08 Å². The van der Waals surface area contributed by atoms with Gasteiger partial charge in [-0.15, -0.1) is 11.8 Å². The number of nitrogens with zero attached hydrogens (tertiary/aromatic N) is 2. The minimum absolute atomic E-state index is 0.284. The van der Waals surface area contributed by atoms with Gasteiger partial charge in [-0.25, -0.2) is 4.79 Å². The zero-order chi connectivity index (χ0) is 17.0. The molecule has 0 saturated heterocycles. The highest BCUT2D eigenvalue weighted by molar-refractivity contribution is 8.05. The van der Waals surface area contributed by atoms with E-state index in [4.69, 9.17) is 0 Å². The molecule has 0 saturated carbocycles. The number of benzene rings is 1. The third-order valence-corrected chi connectivity index (χ3v) is 4.70. The Morgan fingerprint density at radius 2 is 2.00 bits per heavy atom. The molecule has 7 heteroatoms. The fourth-order valence-electron chi connectivity index (χ4n) is 2.15. The van der Waals surface area contributed by atoms with Gasteiger partial charge in [0.05, 0.1) is 17.3 Å². The number of carbonyl (C=O) groups is 1. The Hall–Kier alpha value is -2.28. The first-order chi connectivity index (χ1) is 10.9. The molecule has 6 nitrogen and oxygen atoms in total. The van der Waals surface area contributed by atoms with E-state index in [1.165, 1.54) is 13.2 Å². The maximum Gasteiger partial charge on any atom is 0.344 e. The number of thioether (sulfide) groups is 1. The van der Waals surface area contributed by atoms with Crippen LogP contribution in [0.2, 0.25) is 0 Å². The number of nitro groups is 1. The van der Waals surface area contributed by atoms with E-state index in [1.807, 2.05) is 49.3 Å². The zero-order valence-electron chi connectivity index (χ0n) is 13.1. The van der Waals surface area contributed by atoms with Gasteiger partial charge in [-0.05, 0) is 17.7 Å². The molecule has 0 aromatic heterocycles. The first kappa shape index (κ1) is 17.1. The molecule has 1 aliphatic rings. The van der Waals surface area contributed by atoms with Gasteiger partial charge in [-0.2, -0.15) is 0 Å². The van der Waals surface area contributed by atoms with Crippen molar-refractivity contribution < 1.29 is 14.5 Å². The van der Waals surface area contributed by atoms with E-state index in [9.17, 15) is 14.9 Å². The maximum atomic E-state index is 11.5. The fraction of sp³-hybridized carbons (Fsp3) is 0.312. The van der Waals surface area contributed by atoms with E-state index < -0.39 is 17.3 Å². The van der Waals surface area contributed by atoms with Crippen molar-refractivity contribution in [1.82, 2.24) is 0 Å². The summed E-state index contributed by atoms with van der Waals surface area (Å²) in [5, 5.41) is 10.7. The van der Waals surface area contributed by atoms with Gasteiger partial charge in [0.15, 0.2) is 0 Å². The predicted molar refractivity (Wildman–Crippen MR) is 92.1 cm³/mol. The van der Waals surface area contributed by atoms with Crippen molar-refractivity contribution in [2.24, 2.45) is 0 Å². The number of methoxy groups -OCH3 is 1. The first-order valence-electron chi connectivity index (χ1n) is 6.98. The van der Waals surface area contributed by atoms with E-state index >= 15 is 0 Å². The second-order valence-electron chi connectivity index (χ2n) is 5.23. The summed E-state index contributed by atoms with van der Waals surface area (Å²) >= 11 is 1.16. The highest BCUT2D eigenvalue weighted by Crippen LogP contribution is 2.35. The monoisotopic (exact) mass is 334 g/mol. The topological polar surface area (TPSA) is 72.7 Å². The highest BCUT2D eigenvalue weighted by Gasteiger charge is 2.38. The van der Waals surface area contributed by atoms with Crippen molar-refractivity contribution in [2.75, 3.05) is 26.1 Å². The molecule has 0 fully saturated rings. The molecule has 0 spiro atoms. The van der Waals surface area contributed by atoms with E-state index in [-0.39, 0.29) is 9.83 Å². The zero-order valence-corrected chi connectivity index (χ0v) is 13.9. The number of rotatable bonds is 5. The first-order valence-corrected chi connectivity index (χ1v) is 7.86. The SMILES string of the molecule is COC(=O)C1=CC([N+](=O)[O-])C(C=Cc2ccc(N(C)C)cc2)S1. The van der Waals surface area contributed by atoms with E-state index in [0.717, 1.165) is 23.0 Å². The third kappa shape index (κ3) is 4.13. The smallest absolute Gasteiger partial charge is 0.344 e. The molecule has 0 amide bonds. The Morgan fingerprint density at radius 3 is 2.52 bits per heavy atom. The van der Waals surface area contributed by atoms with Gasteiger partial charge in [0.1, 0.15) is 0 Å². The van der Waals surface area contributed by atoms with Crippen LogP contribution in [0.5, 0.6) is 0 Å². The summed E-state index contributed by atoms with van der Waals surface area (Å²) < 4.78 is 4.63. The van der Waals surface area contributed by atoms with Crippen LogP contribution in [0.3, 0.4) is 0 Å². The average molecular weight is 334 g/mol. The summed E-state index contributed by atoms with van der Waals surface area (Å²) in [7, 11) is 5.18. The Morgan fingerprint density at radius 1 is 1.35 bits per heavy atom. The van der Waals surface area contributed by atoms with Crippen LogP contribution < -0.4 is 4.90 Å². The van der Waals surface area contributed by atoms with Crippen LogP contribution in [0.25, 0.3) is 6.08 Å². The summed E-state index contributed by atoms with van der Waals surface area (Å²) in [6.07, 6.45) is 4.96. The Bertz CT molecular complexity index is 653. The molecule has 23 heavy (non-hydrogen) atoms. The molecule has 1 heterocycles. The summed E-state index contributed by atoms with van der Waals surface area (Å²) in [4.78, 5) is 24.6. The molecule has 1 aromatic carbocycles. The number of hydrogen-bond acceptors (Lipinski definition) is 6. The van der Waals surface area contributed by atoms with E-state index in [2.05, 4.69) is 4.74 Å². The van der Waals surface area contributed by atoms with Gasteiger partial charge in [0.25, 0.3) is 0 Å². The minimum atomic E-state index is -0.925. The van der Waals surface area contributed by atoms with Crippen molar-refractivity contribution in [3.8, 4) is 0 Å². The van der Waals surface area contributed by atoms with Gasteiger partial charge >= 0.3 is 5.97 Å². The second-order valence-corrected chi connectivity index (χ2v) is 6.45. The molecule has 2 rings (SSSR count).